The lowest BCUT2D eigenvalue weighted by molar-refractivity contribution is -0.133. The highest BCUT2D eigenvalue weighted by Crippen LogP contribution is 2.17. The van der Waals surface area contributed by atoms with Crippen LogP contribution in [0.4, 0.5) is 0 Å². The molecule has 21 heavy (non-hydrogen) atoms. The molecular weight excluding hydrogens is 292 g/mol. The second-order valence-electron chi connectivity index (χ2n) is 4.94. The molecule has 1 atom stereocenters. The van der Waals surface area contributed by atoms with E-state index in [1.165, 1.54) is 24.0 Å². The van der Waals surface area contributed by atoms with Crippen LogP contribution in [0, 0.1) is 0 Å². The Morgan fingerprint density at radius 3 is 2.52 bits per heavy atom. The highest BCUT2D eigenvalue weighted by Gasteiger charge is 2.42. The molecule has 7 nitrogen and oxygen atoms in total. The zero-order valence-electron chi connectivity index (χ0n) is 12.6. The van der Waals surface area contributed by atoms with Gasteiger partial charge in [-0.2, -0.15) is 0 Å². The van der Waals surface area contributed by atoms with Gasteiger partial charge in [-0.3, -0.25) is 24.7 Å². The van der Waals surface area contributed by atoms with Crippen LogP contribution in [0.2, 0.25) is 0 Å². The first-order valence-corrected chi connectivity index (χ1v) is 7.44. The van der Waals surface area contributed by atoms with Crippen molar-refractivity contribution in [1.82, 2.24) is 20.7 Å². The van der Waals surface area contributed by atoms with Crippen molar-refractivity contribution in [3.63, 3.8) is 0 Å². The van der Waals surface area contributed by atoms with Crippen LogP contribution in [0.25, 0.3) is 0 Å². The van der Waals surface area contributed by atoms with Gasteiger partial charge in [0, 0.05) is 20.5 Å². The topological polar surface area (TPSA) is 81.8 Å². The molecule has 2 N–H and O–H groups in total. The summed E-state index contributed by atoms with van der Waals surface area (Å²) in [5.41, 5.74) is 2.64. The Bertz CT molecular complexity index is 441. The highest BCUT2D eigenvalue weighted by atomic mass is 32.1. The SMILES string of the molecule is CCCCCC(=O)NN1C(=S)N(C)C(=O)C1CC(=O)NC. The van der Waals surface area contributed by atoms with Crippen LogP contribution in [0.15, 0.2) is 0 Å². The number of carbonyl (C=O) groups excluding carboxylic acids is 3. The molecule has 0 aromatic rings. The molecule has 1 unspecified atom stereocenters. The molecule has 0 radical (unpaired) electrons. The zero-order chi connectivity index (χ0) is 16.0. The van der Waals surface area contributed by atoms with Gasteiger partial charge in [0.2, 0.25) is 11.8 Å². The average molecular weight is 314 g/mol. The van der Waals surface area contributed by atoms with Gasteiger partial charge >= 0.3 is 0 Å². The first kappa shape index (κ1) is 17.4. The molecule has 1 saturated heterocycles. The molecule has 0 aliphatic carbocycles. The van der Waals surface area contributed by atoms with Crippen molar-refractivity contribution in [3.05, 3.63) is 0 Å². The van der Waals surface area contributed by atoms with E-state index in [1.807, 2.05) is 0 Å². The summed E-state index contributed by atoms with van der Waals surface area (Å²) in [5, 5.41) is 3.99. The van der Waals surface area contributed by atoms with E-state index in [0.717, 1.165) is 19.3 Å². The Hall–Kier alpha value is -1.70. The van der Waals surface area contributed by atoms with Gasteiger partial charge in [-0.25, -0.2) is 5.01 Å². The number of nitrogens with one attached hydrogen (secondary N) is 2. The number of likely N-dealkylation sites (N-methyl/N-ethyl adjacent to an activating group) is 1. The van der Waals surface area contributed by atoms with Crippen LogP contribution in [-0.4, -0.2) is 52.9 Å². The van der Waals surface area contributed by atoms with Crippen LogP contribution in [0.3, 0.4) is 0 Å². The number of hydrazine groups is 1. The Balaban J connectivity index is 2.70. The van der Waals surface area contributed by atoms with E-state index < -0.39 is 6.04 Å². The van der Waals surface area contributed by atoms with Crippen LogP contribution in [0.1, 0.15) is 39.0 Å². The van der Waals surface area contributed by atoms with Crippen LogP contribution < -0.4 is 10.7 Å². The van der Waals surface area contributed by atoms with Crippen molar-refractivity contribution in [2.75, 3.05) is 14.1 Å². The standard InChI is InChI=1S/C13H22N4O3S/c1-4-5-6-7-10(18)15-17-9(8-11(19)14-2)12(20)16(3)13(17)21/h9H,4-8H2,1-3H3,(H,14,19)(H,15,18). The minimum atomic E-state index is -0.780. The van der Waals surface area contributed by atoms with Gasteiger partial charge in [0.05, 0.1) is 6.42 Å². The summed E-state index contributed by atoms with van der Waals surface area (Å²) in [6, 6.07) is -0.780. The molecule has 1 rings (SSSR count). The third-order valence-electron chi connectivity index (χ3n) is 3.33. The summed E-state index contributed by atoms with van der Waals surface area (Å²) in [4.78, 5) is 36.8. The normalized spacial score (nSPS) is 18.1. The molecule has 0 aromatic carbocycles. The number of hydrogen-bond acceptors (Lipinski definition) is 4. The van der Waals surface area contributed by atoms with Crippen molar-refractivity contribution in [2.45, 2.75) is 45.1 Å². The van der Waals surface area contributed by atoms with Gasteiger partial charge in [0.1, 0.15) is 6.04 Å². The van der Waals surface area contributed by atoms with E-state index in [0.29, 0.717) is 6.42 Å². The maximum absolute atomic E-state index is 12.1. The van der Waals surface area contributed by atoms with Crippen molar-refractivity contribution < 1.29 is 14.4 Å². The van der Waals surface area contributed by atoms with Gasteiger partial charge < -0.3 is 5.32 Å². The minimum Gasteiger partial charge on any atom is -0.359 e. The van der Waals surface area contributed by atoms with E-state index in [1.54, 1.807) is 0 Å². The Kier molecular flexibility index (Phi) is 6.54. The lowest BCUT2D eigenvalue weighted by Crippen LogP contribution is -2.49. The maximum Gasteiger partial charge on any atom is 0.253 e. The fourth-order valence-electron chi connectivity index (χ4n) is 2.03. The summed E-state index contributed by atoms with van der Waals surface area (Å²) in [6.45, 7) is 2.06. The molecule has 0 aromatic heterocycles. The third-order valence-corrected chi connectivity index (χ3v) is 3.80. The molecule has 118 valence electrons. The number of carbonyl (C=O) groups is 3. The lowest BCUT2D eigenvalue weighted by Gasteiger charge is -2.23. The zero-order valence-corrected chi connectivity index (χ0v) is 13.5. The molecule has 8 heteroatoms. The van der Waals surface area contributed by atoms with Gasteiger partial charge in [0.15, 0.2) is 5.11 Å². The molecule has 1 aliphatic rings. The van der Waals surface area contributed by atoms with E-state index in [2.05, 4.69) is 17.7 Å². The summed E-state index contributed by atoms with van der Waals surface area (Å²) in [6.07, 6.45) is 3.10. The Labute approximate surface area is 130 Å². The highest BCUT2D eigenvalue weighted by molar-refractivity contribution is 7.80. The van der Waals surface area contributed by atoms with Gasteiger partial charge in [-0.05, 0) is 18.6 Å². The number of hydrogen-bond donors (Lipinski definition) is 2. The molecule has 0 spiro atoms. The van der Waals surface area contributed by atoms with Crippen LogP contribution in [-0.2, 0) is 14.4 Å². The Morgan fingerprint density at radius 1 is 1.29 bits per heavy atom. The Morgan fingerprint density at radius 2 is 1.95 bits per heavy atom. The summed E-state index contributed by atoms with van der Waals surface area (Å²) in [5.74, 6) is -0.773. The molecule has 3 amide bonds. The second kappa shape index (κ2) is 7.92. The number of thiocarbonyl (C=S) groups is 1. The molecule has 1 fully saturated rings. The number of rotatable bonds is 7. The molecule has 0 bridgehead atoms. The first-order valence-electron chi connectivity index (χ1n) is 7.03. The van der Waals surface area contributed by atoms with Crippen molar-refractivity contribution in [3.8, 4) is 0 Å². The molecular formula is C13H22N4O3S. The van der Waals surface area contributed by atoms with Crippen molar-refractivity contribution >= 4 is 35.1 Å². The third kappa shape index (κ3) is 4.38. The van der Waals surface area contributed by atoms with Crippen LogP contribution in [0.5, 0.6) is 0 Å². The predicted molar refractivity (Wildman–Crippen MR) is 82.0 cm³/mol. The largest absolute Gasteiger partial charge is 0.359 e. The van der Waals surface area contributed by atoms with Crippen molar-refractivity contribution in [2.24, 2.45) is 0 Å². The van der Waals surface area contributed by atoms with Gasteiger partial charge in [-0.1, -0.05) is 19.8 Å². The van der Waals surface area contributed by atoms with Crippen molar-refractivity contribution in [1.29, 1.82) is 0 Å². The number of nitrogens with zero attached hydrogens (tertiary/aromatic N) is 2. The number of amides is 3. The molecule has 1 aliphatic heterocycles. The van der Waals surface area contributed by atoms with E-state index >= 15 is 0 Å². The molecule has 0 saturated carbocycles. The average Bonchev–Trinajstić information content (AvgIpc) is 2.65. The van der Waals surface area contributed by atoms with E-state index in [9.17, 15) is 14.4 Å². The number of unbranched alkanes of at least 4 members (excludes halogenated alkanes) is 2. The summed E-state index contributed by atoms with van der Waals surface area (Å²) in [7, 11) is 3.03. The molecule has 1 heterocycles. The maximum atomic E-state index is 12.1. The fourth-order valence-corrected chi connectivity index (χ4v) is 2.29. The first-order chi connectivity index (χ1) is 9.92. The van der Waals surface area contributed by atoms with Gasteiger partial charge in [-0.15, -0.1) is 0 Å². The lowest BCUT2D eigenvalue weighted by atomic mass is 10.2. The predicted octanol–water partition coefficient (Wildman–Crippen LogP) is 0.162. The summed E-state index contributed by atoms with van der Waals surface area (Å²) < 4.78 is 0. The van der Waals surface area contributed by atoms with E-state index in [-0.39, 0.29) is 29.3 Å². The second-order valence-corrected chi connectivity index (χ2v) is 5.30. The minimum absolute atomic E-state index is 0.0466. The van der Waals surface area contributed by atoms with Gasteiger partial charge in [0.25, 0.3) is 5.91 Å². The fraction of sp³-hybridized carbons (Fsp3) is 0.692. The monoisotopic (exact) mass is 314 g/mol. The smallest absolute Gasteiger partial charge is 0.253 e. The quantitative estimate of drug-likeness (QED) is 0.517. The summed E-state index contributed by atoms with van der Waals surface area (Å²) >= 11 is 5.14. The van der Waals surface area contributed by atoms with E-state index in [4.69, 9.17) is 12.2 Å². The van der Waals surface area contributed by atoms with Crippen LogP contribution >= 0.6 is 12.2 Å².